The third kappa shape index (κ3) is 3.68. The molecule has 2 aromatic heterocycles. The maximum Gasteiger partial charge on any atom is 0.257 e. The van der Waals surface area contributed by atoms with Crippen LogP contribution >= 0.6 is 0 Å². The zero-order chi connectivity index (χ0) is 21.2. The molecule has 2 aromatic carbocycles. The van der Waals surface area contributed by atoms with Crippen molar-refractivity contribution in [2.75, 3.05) is 6.54 Å². The Bertz CT molecular complexity index is 1220. The molecule has 0 unspecified atom stereocenters. The van der Waals surface area contributed by atoms with Gasteiger partial charge in [-0.1, -0.05) is 53.7 Å². The Hall–Kier alpha value is -3.93. The van der Waals surface area contributed by atoms with Crippen LogP contribution in [0.3, 0.4) is 0 Å². The molecular formula is C25H21N3O3. The first-order chi connectivity index (χ1) is 15.2. The summed E-state index contributed by atoms with van der Waals surface area (Å²) in [5.41, 5.74) is 4.80. The molecule has 31 heavy (non-hydrogen) atoms. The molecule has 0 spiro atoms. The molecule has 0 aliphatic carbocycles. The average molecular weight is 411 g/mol. The van der Waals surface area contributed by atoms with Gasteiger partial charge in [-0.3, -0.25) is 9.78 Å². The average Bonchev–Trinajstić information content (AvgIpc) is 3.41. The minimum absolute atomic E-state index is 0.149. The minimum Gasteiger partial charge on any atom is -0.487 e. The van der Waals surface area contributed by atoms with E-state index >= 15 is 0 Å². The van der Waals surface area contributed by atoms with Crippen LogP contribution in [0.2, 0.25) is 0 Å². The predicted octanol–water partition coefficient (Wildman–Crippen LogP) is 4.45. The molecule has 0 radical (unpaired) electrons. The van der Waals surface area contributed by atoms with Crippen LogP contribution in [0.25, 0.3) is 22.5 Å². The van der Waals surface area contributed by atoms with Gasteiger partial charge in [0.1, 0.15) is 28.9 Å². The van der Waals surface area contributed by atoms with Crippen molar-refractivity contribution in [1.29, 1.82) is 0 Å². The standard InChI is InChI=1S/C25H21N3O3/c1-16-22(23(28-31-16)17-8-3-2-4-9-17)25(29)27-15-19-14-18-10-7-11-20(24(18)30-19)21-12-5-6-13-26-21/h2-13,19H,14-15H2,1H3,(H,27,29)/t19-/m1/s1. The summed E-state index contributed by atoms with van der Waals surface area (Å²) in [6.07, 6.45) is 2.35. The lowest BCUT2D eigenvalue weighted by atomic mass is 10.0. The number of nitrogens with zero attached hydrogens (tertiary/aromatic N) is 2. The summed E-state index contributed by atoms with van der Waals surface area (Å²) in [6.45, 7) is 2.13. The van der Waals surface area contributed by atoms with Gasteiger partial charge in [0.25, 0.3) is 5.91 Å². The van der Waals surface area contributed by atoms with Gasteiger partial charge in [0.15, 0.2) is 0 Å². The summed E-state index contributed by atoms with van der Waals surface area (Å²) < 4.78 is 11.5. The molecule has 6 heteroatoms. The number of aromatic nitrogens is 2. The van der Waals surface area contributed by atoms with Gasteiger partial charge >= 0.3 is 0 Å². The lowest BCUT2D eigenvalue weighted by molar-refractivity contribution is 0.0932. The molecule has 1 aliphatic rings. The van der Waals surface area contributed by atoms with Gasteiger partial charge in [0, 0.05) is 23.7 Å². The van der Waals surface area contributed by atoms with Gasteiger partial charge in [-0.05, 0) is 30.7 Å². The summed E-state index contributed by atoms with van der Waals surface area (Å²) in [5, 5.41) is 7.08. The number of benzene rings is 2. The molecule has 0 saturated carbocycles. The Morgan fingerprint density at radius 1 is 1.06 bits per heavy atom. The molecule has 6 nitrogen and oxygen atoms in total. The van der Waals surface area contributed by atoms with Crippen LogP contribution in [0.15, 0.2) is 77.4 Å². The smallest absolute Gasteiger partial charge is 0.257 e. The van der Waals surface area contributed by atoms with Gasteiger partial charge in [-0.2, -0.15) is 0 Å². The van der Waals surface area contributed by atoms with E-state index in [9.17, 15) is 4.79 Å². The first kappa shape index (κ1) is 19.1. The zero-order valence-electron chi connectivity index (χ0n) is 17.0. The summed E-state index contributed by atoms with van der Waals surface area (Å²) in [7, 11) is 0. The number of hydrogen-bond donors (Lipinski definition) is 1. The van der Waals surface area contributed by atoms with Crippen LogP contribution < -0.4 is 10.1 Å². The minimum atomic E-state index is -0.220. The number of rotatable bonds is 5. The van der Waals surface area contributed by atoms with Gasteiger partial charge in [0.2, 0.25) is 0 Å². The van der Waals surface area contributed by atoms with E-state index in [0.29, 0.717) is 23.6 Å². The fourth-order valence-corrected chi connectivity index (χ4v) is 3.90. The first-order valence-electron chi connectivity index (χ1n) is 10.2. The van der Waals surface area contributed by atoms with E-state index in [-0.39, 0.29) is 12.0 Å². The second-order valence-corrected chi connectivity index (χ2v) is 7.49. The number of ether oxygens (including phenoxy) is 1. The van der Waals surface area contributed by atoms with Gasteiger partial charge in [-0.25, -0.2) is 0 Å². The molecule has 1 atom stereocenters. The van der Waals surface area contributed by atoms with Crippen LogP contribution in [-0.4, -0.2) is 28.7 Å². The Morgan fingerprint density at radius 3 is 2.71 bits per heavy atom. The van der Waals surface area contributed by atoms with E-state index in [1.807, 2.05) is 60.7 Å². The van der Waals surface area contributed by atoms with Crippen molar-refractivity contribution in [3.8, 4) is 28.3 Å². The second kappa shape index (κ2) is 8.07. The fourth-order valence-electron chi connectivity index (χ4n) is 3.90. The van der Waals surface area contributed by atoms with Crippen molar-refractivity contribution < 1.29 is 14.1 Å². The molecule has 5 rings (SSSR count). The van der Waals surface area contributed by atoms with Crippen LogP contribution in [0.1, 0.15) is 21.7 Å². The van der Waals surface area contributed by atoms with Crippen molar-refractivity contribution in [3.05, 3.63) is 89.8 Å². The van der Waals surface area contributed by atoms with E-state index in [2.05, 4.69) is 21.5 Å². The van der Waals surface area contributed by atoms with Crippen molar-refractivity contribution in [3.63, 3.8) is 0 Å². The van der Waals surface area contributed by atoms with Crippen LogP contribution in [0, 0.1) is 6.92 Å². The van der Waals surface area contributed by atoms with Crippen molar-refractivity contribution in [1.82, 2.24) is 15.5 Å². The topological polar surface area (TPSA) is 77.3 Å². The van der Waals surface area contributed by atoms with E-state index in [1.54, 1.807) is 13.1 Å². The van der Waals surface area contributed by atoms with E-state index in [1.165, 1.54) is 0 Å². The lowest BCUT2D eigenvalue weighted by Gasteiger charge is -2.13. The summed E-state index contributed by atoms with van der Waals surface area (Å²) in [4.78, 5) is 17.4. The molecule has 4 aromatic rings. The van der Waals surface area contributed by atoms with Crippen LogP contribution in [0.4, 0.5) is 0 Å². The Balaban J connectivity index is 1.31. The number of nitrogens with one attached hydrogen (secondary N) is 1. The number of amides is 1. The molecule has 1 amide bonds. The van der Waals surface area contributed by atoms with Gasteiger partial charge in [0.05, 0.1) is 12.2 Å². The first-order valence-corrected chi connectivity index (χ1v) is 10.2. The maximum absolute atomic E-state index is 13.0. The molecule has 154 valence electrons. The Morgan fingerprint density at radius 2 is 1.90 bits per heavy atom. The largest absolute Gasteiger partial charge is 0.487 e. The molecule has 1 aliphatic heterocycles. The highest BCUT2D eigenvalue weighted by Crippen LogP contribution is 2.37. The number of para-hydroxylation sites is 1. The van der Waals surface area contributed by atoms with E-state index in [0.717, 1.165) is 34.6 Å². The summed E-state index contributed by atoms with van der Waals surface area (Å²) >= 11 is 0. The SMILES string of the molecule is Cc1onc(-c2ccccc2)c1C(=O)NC[C@H]1Cc2cccc(-c3ccccn3)c2O1. The lowest BCUT2D eigenvalue weighted by Crippen LogP contribution is -2.34. The zero-order valence-corrected chi connectivity index (χ0v) is 17.0. The molecule has 0 fully saturated rings. The van der Waals surface area contributed by atoms with E-state index in [4.69, 9.17) is 9.26 Å². The Labute approximate surface area is 179 Å². The number of fused-ring (bicyclic) bond motifs is 1. The number of carbonyl (C=O) groups excluding carboxylic acids is 1. The normalized spacial score (nSPS) is 14.7. The second-order valence-electron chi connectivity index (χ2n) is 7.49. The number of hydrogen-bond acceptors (Lipinski definition) is 5. The monoisotopic (exact) mass is 411 g/mol. The van der Waals surface area contributed by atoms with Crippen LogP contribution in [0.5, 0.6) is 5.75 Å². The highest BCUT2D eigenvalue weighted by Gasteiger charge is 2.28. The Kier molecular flexibility index (Phi) is 4.96. The molecule has 1 N–H and O–H groups in total. The van der Waals surface area contributed by atoms with Gasteiger partial charge < -0.3 is 14.6 Å². The molecule has 0 bridgehead atoms. The van der Waals surface area contributed by atoms with Gasteiger partial charge in [-0.15, -0.1) is 0 Å². The van der Waals surface area contributed by atoms with Crippen molar-refractivity contribution in [2.24, 2.45) is 0 Å². The quantitative estimate of drug-likeness (QED) is 0.525. The van der Waals surface area contributed by atoms with Crippen LogP contribution in [-0.2, 0) is 6.42 Å². The number of aryl methyl sites for hydroxylation is 1. The number of carbonyl (C=O) groups is 1. The third-order valence-corrected chi connectivity index (χ3v) is 5.40. The molecular weight excluding hydrogens is 390 g/mol. The van der Waals surface area contributed by atoms with Crippen molar-refractivity contribution >= 4 is 5.91 Å². The third-order valence-electron chi connectivity index (χ3n) is 5.40. The molecule has 3 heterocycles. The summed E-state index contributed by atoms with van der Waals surface area (Å²) in [5.74, 6) is 1.11. The summed E-state index contributed by atoms with van der Waals surface area (Å²) in [6, 6.07) is 21.4. The maximum atomic E-state index is 13.0. The number of pyridine rings is 1. The fraction of sp³-hybridized carbons (Fsp3) is 0.160. The van der Waals surface area contributed by atoms with E-state index < -0.39 is 0 Å². The highest BCUT2D eigenvalue weighted by atomic mass is 16.5. The molecule has 0 saturated heterocycles. The highest BCUT2D eigenvalue weighted by molar-refractivity contribution is 6.00. The predicted molar refractivity (Wildman–Crippen MR) is 117 cm³/mol. The van der Waals surface area contributed by atoms with Crippen molar-refractivity contribution in [2.45, 2.75) is 19.4 Å².